The molecule has 0 bridgehead atoms. The van der Waals surface area contributed by atoms with Crippen molar-refractivity contribution in [2.45, 2.75) is 12.3 Å². The molecule has 2 aromatic rings. The van der Waals surface area contributed by atoms with Gasteiger partial charge in [-0.15, -0.1) is 11.6 Å². The Morgan fingerprint density at radius 1 is 1.05 bits per heavy atom. The second-order valence-electron chi connectivity index (χ2n) is 4.59. The number of rotatable bonds is 4. The van der Waals surface area contributed by atoms with Gasteiger partial charge in [0.15, 0.2) is 11.5 Å². The van der Waals surface area contributed by atoms with Gasteiger partial charge in [-0.1, -0.05) is 15.9 Å². The summed E-state index contributed by atoms with van der Waals surface area (Å²) in [5.41, 5.74) is 3.12. The maximum absolute atomic E-state index is 6.71. The van der Waals surface area contributed by atoms with Gasteiger partial charge in [-0.25, -0.2) is 0 Å². The molecule has 5 heteroatoms. The molecule has 2 nitrogen and oxygen atoms in total. The van der Waals surface area contributed by atoms with E-state index in [0.29, 0.717) is 11.5 Å². The summed E-state index contributed by atoms with van der Waals surface area (Å²) in [5, 5.41) is -0.256. The summed E-state index contributed by atoms with van der Waals surface area (Å²) in [5.74, 6) is 1.40. The van der Waals surface area contributed by atoms with E-state index in [4.69, 9.17) is 21.1 Å². The molecule has 0 amide bonds. The minimum atomic E-state index is -0.256. The van der Waals surface area contributed by atoms with Crippen LogP contribution >= 0.6 is 50.1 Å². The van der Waals surface area contributed by atoms with Gasteiger partial charge < -0.3 is 9.47 Å². The van der Waals surface area contributed by atoms with Crippen LogP contribution in [0.4, 0.5) is 0 Å². The zero-order chi connectivity index (χ0) is 15.6. The van der Waals surface area contributed by atoms with Crippen molar-refractivity contribution in [1.82, 2.24) is 0 Å². The van der Waals surface area contributed by atoms with E-state index in [1.807, 2.05) is 31.2 Å². The minimum absolute atomic E-state index is 0.256. The third-order valence-corrected chi connectivity index (χ3v) is 5.14. The molecule has 0 heterocycles. The van der Waals surface area contributed by atoms with Gasteiger partial charge in [-0.2, -0.15) is 0 Å². The van der Waals surface area contributed by atoms with E-state index in [0.717, 1.165) is 24.7 Å². The second-order valence-corrected chi connectivity index (χ2v) is 7.13. The van der Waals surface area contributed by atoms with Gasteiger partial charge in [-0.3, -0.25) is 0 Å². The zero-order valence-electron chi connectivity index (χ0n) is 11.9. The van der Waals surface area contributed by atoms with E-state index >= 15 is 0 Å². The molecule has 112 valence electrons. The zero-order valence-corrected chi connectivity index (χ0v) is 16.4. The van der Waals surface area contributed by atoms with Gasteiger partial charge in [0.1, 0.15) is 0 Å². The topological polar surface area (TPSA) is 18.5 Å². The molecule has 0 saturated heterocycles. The monoisotopic (exact) mass is 480 g/mol. The molecule has 1 unspecified atom stereocenters. The average molecular weight is 482 g/mol. The van der Waals surface area contributed by atoms with Crippen molar-refractivity contribution in [3.8, 4) is 11.5 Å². The Balaban J connectivity index is 2.52. The van der Waals surface area contributed by atoms with Crippen LogP contribution in [-0.2, 0) is 0 Å². The lowest BCUT2D eigenvalue weighted by molar-refractivity contribution is 0.354. The molecule has 2 aromatic carbocycles. The molecule has 0 N–H and O–H groups in total. The van der Waals surface area contributed by atoms with Crippen LogP contribution in [0.5, 0.6) is 11.5 Å². The summed E-state index contributed by atoms with van der Waals surface area (Å²) in [6, 6.07) is 10.0. The van der Waals surface area contributed by atoms with E-state index in [9.17, 15) is 0 Å². The highest BCUT2D eigenvalue weighted by molar-refractivity contribution is 14.1. The molecule has 21 heavy (non-hydrogen) atoms. The first-order valence-electron chi connectivity index (χ1n) is 6.29. The fraction of sp³-hybridized carbons (Fsp3) is 0.250. The van der Waals surface area contributed by atoms with Crippen molar-refractivity contribution >= 4 is 50.1 Å². The highest BCUT2D eigenvalue weighted by Gasteiger charge is 2.19. The first kappa shape index (κ1) is 16.9. The molecule has 0 spiro atoms. The maximum Gasteiger partial charge on any atom is 0.161 e. The maximum atomic E-state index is 6.71. The van der Waals surface area contributed by atoms with E-state index in [2.05, 4.69) is 44.6 Å². The second kappa shape index (κ2) is 7.20. The van der Waals surface area contributed by atoms with E-state index in [1.165, 1.54) is 0 Å². The van der Waals surface area contributed by atoms with Crippen LogP contribution in [0.2, 0.25) is 0 Å². The number of benzene rings is 2. The van der Waals surface area contributed by atoms with Crippen molar-refractivity contribution in [2.24, 2.45) is 0 Å². The number of ether oxygens (including phenoxy) is 2. The molecule has 0 radical (unpaired) electrons. The SMILES string of the molecule is COc1cc(C)c(C(Cl)c2cc(I)ccc2Br)cc1OC. The van der Waals surface area contributed by atoms with Gasteiger partial charge in [0.2, 0.25) is 0 Å². The van der Waals surface area contributed by atoms with Crippen LogP contribution in [0.15, 0.2) is 34.8 Å². The summed E-state index contributed by atoms with van der Waals surface area (Å²) in [4.78, 5) is 0. The number of hydrogen-bond donors (Lipinski definition) is 0. The van der Waals surface area contributed by atoms with Crippen molar-refractivity contribution in [3.63, 3.8) is 0 Å². The lowest BCUT2D eigenvalue weighted by Gasteiger charge is -2.18. The Bertz CT molecular complexity index is 661. The Morgan fingerprint density at radius 2 is 1.67 bits per heavy atom. The predicted molar refractivity (Wildman–Crippen MR) is 98.8 cm³/mol. The summed E-state index contributed by atoms with van der Waals surface area (Å²) >= 11 is 12.6. The van der Waals surface area contributed by atoms with Crippen molar-refractivity contribution < 1.29 is 9.47 Å². The van der Waals surface area contributed by atoms with Crippen molar-refractivity contribution in [2.75, 3.05) is 14.2 Å². The Hall–Kier alpha value is -0.460. The molecular formula is C16H15BrClIO2. The third-order valence-electron chi connectivity index (χ3n) is 3.28. The van der Waals surface area contributed by atoms with Crippen LogP contribution in [-0.4, -0.2) is 14.2 Å². The van der Waals surface area contributed by atoms with Crippen molar-refractivity contribution in [1.29, 1.82) is 0 Å². The summed E-state index contributed by atoms with van der Waals surface area (Å²) in [7, 11) is 3.26. The molecule has 0 aliphatic carbocycles. The van der Waals surface area contributed by atoms with Crippen LogP contribution in [0, 0.1) is 10.5 Å². The lowest BCUT2D eigenvalue weighted by atomic mass is 9.99. The fourth-order valence-electron chi connectivity index (χ4n) is 2.15. The van der Waals surface area contributed by atoms with Crippen LogP contribution in [0.3, 0.4) is 0 Å². The molecular weight excluding hydrogens is 466 g/mol. The molecule has 0 aromatic heterocycles. The van der Waals surface area contributed by atoms with Crippen molar-refractivity contribution in [3.05, 3.63) is 55.1 Å². The minimum Gasteiger partial charge on any atom is -0.493 e. The normalized spacial score (nSPS) is 12.1. The van der Waals surface area contributed by atoms with Crippen LogP contribution in [0.25, 0.3) is 0 Å². The highest BCUT2D eigenvalue weighted by atomic mass is 127. The predicted octanol–water partition coefficient (Wildman–Crippen LogP) is 5.71. The lowest BCUT2D eigenvalue weighted by Crippen LogP contribution is -2.01. The number of alkyl halides is 1. The van der Waals surface area contributed by atoms with Gasteiger partial charge in [0.05, 0.1) is 19.6 Å². The van der Waals surface area contributed by atoms with Crippen LogP contribution < -0.4 is 9.47 Å². The molecule has 2 rings (SSSR count). The Morgan fingerprint density at radius 3 is 2.29 bits per heavy atom. The Labute approximate surface area is 152 Å². The first-order chi connectivity index (χ1) is 9.97. The summed E-state index contributed by atoms with van der Waals surface area (Å²) in [6.45, 7) is 2.02. The number of aryl methyl sites for hydroxylation is 1. The number of halogens is 3. The quantitative estimate of drug-likeness (QED) is 0.412. The van der Waals surface area contributed by atoms with E-state index in [-0.39, 0.29) is 5.38 Å². The standard InChI is InChI=1S/C16H15BrClIO2/c1-9-6-14(20-2)15(21-3)8-11(9)16(18)12-7-10(19)4-5-13(12)17/h4-8,16H,1-3H3. The molecule has 0 fully saturated rings. The average Bonchev–Trinajstić information content (AvgIpc) is 2.48. The molecule has 0 saturated carbocycles. The van der Waals surface area contributed by atoms with Gasteiger partial charge in [0, 0.05) is 8.04 Å². The summed E-state index contributed by atoms with van der Waals surface area (Å²) < 4.78 is 12.8. The van der Waals surface area contributed by atoms with Gasteiger partial charge >= 0.3 is 0 Å². The Kier molecular flexibility index (Phi) is 5.80. The fourth-order valence-corrected chi connectivity index (χ4v) is 3.68. The van der Waals surface area contributed by atoms with Gasteiger partial charge in [-0.05, 0) is 76.5 Å². The van der Waals surface area contributed by atoms with E-state index < -0.39 is 0 Å². The third kappa shape index (κ3) is 3.66. The van der Waals surface area contributed by atoms with E-state index in [1.54, 1.807) is 14.2 Å². The molecule has 1 atom stereocenters. The summed E-state index contributed by atoms with van der Waals surface area (Å²) in [6.07, 6.45) is 0. The highest BCUT2D eigenvalue weighted by Crippen LogP contribution is 2.40. The number of hydrogen-bond acceptors (Lipinski definition) is 2. The molecule has 0 aliphatic heterocycles. The van der Waals surface area contributed by atoms with Crippen LogP contribution in [0.1, 0.15) is 22.1 Å². The molecule has 0 aliphatic rings. The number of methoxy groups -OCH3 is 2. The first-order valence-corrected chi connectivity index (χ1v) is 8.60. The largest absolute Gasteiger partial charge is 0.493 e. The van der Waals surface area contributed by atoms with Gasteiger partial charge in [0.25, 0.3) is 0 Å². The smallest absolute Gasteiger partial charge is 0.161 e.